The van der Waals surface area contributed by atoms with E-state index in [-0.39, 0.29) is 5.82 Å². The molecule has 1 unspecified atom stereocenters. The Hall–Kier alpha value is -1.65. The zero-order valence-corrected chi connectivity index (χ0v) is 11.9. The average molecular weight is 289 g/mol. The number of rotatable bonds is 7. The first-order valence-electron chi connectivity index (χ1n) is 7.42. The molecule has 1 atom stereocenters. The Labute approximate surface area is 124 Å². The molecule has 3 nitrogen and oxygen atoms in total. The second-order valence-electron chi connectivity index (χ2n) is 5.64. The second kappa shape index (κ2) is 6.41. The molecule has 1 aliphatic rings. The van der Waals surface area contributed by atoms with Crippen LogP contribution in [-0.4, -0.2) is 22.6 Å². The lowest BCUT2D eigenvalue weighted by Crippen LogP contribution is -2.27. The Morgan fingerprint density at radius 3 is 2.81 bits per heavy atom. The molecule has 0 spiro atoms. The molecule has 0 amide bonds. The molecule has 0 bridgehead atoms. The van der Waals surface area contributed by atoms with Gasteiger partial charge in [-0.05, 0) is 49.1 Å². The van der Waals surface area contributed by atoms with Gasteiger partial charge in [0.25, 0.3) is 0 Å². The third-order valence-electron chi connectivity index (χ3n) is 3.93. The van der Waals surface area contributed by atoms with E-state index in [1.54, 1.807) is 18.4 Å². The summed E-state index contributed by atoms with van der Waals surface area (Å²) in [5.74, 6) is 0.642. The van der Waals surface area contributed by atoms with Crippen LogP contribution in [0.2, 0.25) is 0 Å². The maximum Gasteiger partial charge on any atom is 0.123 e. The van der Waals surface area contributed by atoms with E-state index in [2.05, 4.69) is 4.90 Å². The molecule has 1 heterocycles. The maximum absolute atomic E-state index is 13.2. The number of furan rings is 1. The lowest BCUT2D eigenvalue weighted by Gasteiger charge is -2.22. The third-order valence-corrected chi connectivity index (χ3v) is 3.93. The van der Waals surface area contributed by atoms with E-state index in [9.17, 15) is 9.50 Å². The van der Waals surface area contributed by atoms with E-state index in [4.69, 9.17) is 4.42 Å². The van der Waals surface area contributed by atoms with Crippen molar-refractivity contribution >= 4 is 0 Å². The Morgan fingerprint density at radius 2 is 2.14 bits per heavy atom. The van der Waals surface area contributed by atoms with Gasteiger partial charge in [0.05, 0.1) is 18.9 Å². The van der Waals surface area contributed by atoms with Crippen LogP contribution in [0, 0.1) is 5.82 Å². The topological polar surface area (TPSA) is 36.6 Å². The largest absolute Gasteiger partial charge is 0.468 e. The minimum atomic E-state index is -0.626. The number of hydrogen-bond acceptors (Lipinski definition) is 3. The van der Waals surface area contributed by atoms with E-state index in [0.29, 0.717) is 18.0 Å². The summed E-state index contributed by atoms with van der Waals surface area (Å²) in [6.45, 7) is 1.55. The summed E-state index contributed by atoms with van der Waals surface area (Å²) in [7, 11) is 0. The monoisotopic (exact) mass is 289 g/mol. The zero-order chi connectivity index (χ0) is 14.7. The SMILES string of the molecule is OC(CCN(Cc1ccco1)C1CC1)c1cccc(F)c1. The number of hydrogen-bond donors (Lipinski definition) is 1. The van der Waals surface area contributed by atoms with Crippen molar-refractivity contribution in [2.24, 2.45) is 0 Å². The number of aliphatic hydroxyl groups is 1. The molecule has 0 saturated heterocycles. The first-order valence-corrected chi connectivity index (χ1v) is 7.42. The van der Waals surface area contributed by atoms with Crippen molar-refractivity contribution in [3.05, 3.63) is 59.8 Å². The lowest BCUT2D eigenvalue weighted by atomic mass is 10.1. The van der Waals surface area contributed by atoms with Crippen LogP contribution in [0.4, 0.5) is 4.39 Å². The average Bonchev–Trinajstić information content (AvgIpc) is 3.20. The van der Waals surface area contributed by atoms with Gasteiger partial charge in [-0.2, -0.15) is 0 Å². The summed E-state index contributed by atoms with van der Waals surface area (Å²) in [5.41, 5.74) is 0.642. The van der Waals surface area contributed by atoms with E-state index in [1.807, 2.05) is 12.1 Å². The standard InChI is InChI=1S/C17H20FNO2/c18-14-4-1-3-13(11-14)17(20)8-9-19(15-6-7-15)12-16-5-2-10-21-16/h1-5,10-11,15,17,20H,6-9,12H2. The highest BCUT2D eigenvalue weighted by Gasteiger charge is 2.29. The Kier molecular flexibility index (Phi) is 4.36. The van der Waals surface area contributed by atoms with Crippen molar-refractivity contribution in [3.63, 3.8) is 0 Å². The van der Waals surface area contributed by atoms with Crippen LogP contribution in [0.25, 0.3) is 0 Å². The smallest absolute Gasteiger partial charge is 0.123 e. The van der Waals surface area contributed by atoms with Crippen LogP contribution in [-0.2, 0) is 6.54 Å². The number of aliphatic hydroxyl groups excluding tert-OH is 1. The highest BCUT2D eigenvalue weighted by atomic mass is 19.1. The molecular formula is C17H20FNO2. The summed E-state index contributed by atoms with van der Waals surface area (Å²) in [5, 5.41) is 10.2. The van der Waals surface area contributed by atoms with Gasteiger partial charge >= 0.3 is 0 Å². The third kappa shape index (κ3) is 3.93. The summed E-state index contributed by atoms with van der Waals surface area (Å²) in [4.78, 5) is 2.33. The fraction of sp³-hybridized carbons (Fsp3) is 0.412. The lowest BCUT2D eigenvalue weighted by molar-refractivity contribution is 0.133. The molecule has 4 heteroatoms. The van der Waals surface area contributed by atoms with Gasteiger partial charge in [-0.15, -0.1) is 0 Å². The number of halogens is 1. The highest BCUT2D eigenvalue weighted by molar-refractivity contribution is 5.18. The molecule has 0 radical (unpaired) electrons. The van der Waals surface area contributed by atoms with Crippen LogP contribution in [0.5, 0.6) is 0 Å². The van der Waals surface area contributed by atoms with Gasteiger partial charge in [-0.1, -0.05) is 12.1 Å². The molecule has 1 aromatic heterocycles. The summed E-state index contributed by atoms with van der Waals surface area (Å²) in [6.07, 6.45) is 4.06. The zero-order valence-electron chi connectivity index (χ0n) is 11.9. The van der Waals surface area contributed by atoms with Crippen molar-refractivity contribution in [1.29, 1.82) is 0 Å². The first-order chi connectivity index (χ1) is 10.2. The van der Waals surface area contributed by atoms with Crippen molar-refractivity contribution in [3.8, 4) is 0 Å². The predicted molar refractivity (Wildman–Crippen MR) is 78.1 cm³/mol. The first kappa shape index (κ1) is 14.3. The summed E-state index contributed by atoms with van der Waals surface area (Å²) < 4.78 is 18.6. The van der Waals surface area contributed by atoms with Gasteiger partial charge in [-0.25, -0.2) is 4.39 Å². The van der Waals surface area contributed by atoms with Gasteiger partial charge in [-0.3, -0.25) is 4.90 Å². The van der Waals surface area contributed by atoms with Gasteiger partial charge in [0, 0.05) is 12.6 Å². The fourth-order valence-electron chi connectivity index (χ4n) is 2.60. The van der Waals surface area contributed by atoms with Gasteiger partial charge < -0.3 is 9.52 Å². The van der Waals surface area contributed by atoms with Gasteiger partial charge in [0.1, 0.15) is 11.6 Å². The highest BCUT2D eigenvalue weighted by Crippen LogP contribution is 2.29. The quantitative estimate of drug-likeness (QED) is 0.847. The minimum Gasteiger partial charge on any atom is -0.468 e. The molecule has 1 fully saturated rings. The van der Waals surface area contributed by atoms with Crippen LogP contribution >= 0.6 is 0 Å². The Balaban J connectivity index is 1.56. The van der Waals surface area contributed by atoms with E-state index in [0.717, 1.165) is 18.8 Å². The molecule has 1 saturated carbocycles. The fourth-order valence-corrected chi connectivity index (χ4v) is 2.60. The van der Waals surface area contributed by atoms with Gasteiger partial charge in [0.2, 0.25) is 0 Å². The Morgan fingerprint density at radius 1 is 1.29 bits per heavy atom. The summed E-state index contributed by atoms with van der Waals surface area (Å²) >= 11 is 0. The summed E-state index contributed by atoms with van der Waals surface area (Å²) in [6, 6.07) is 10.6. The predicted octanol–water partition coefficient (Wildman–Crippen LogP) is 3.51. The van der Waals surface area contributed by atoms with Crippen molar-refractivity contribution in [1.82, 2.24) is 4.90 Å². The minimum absolute atomic E-state index is 0.304. The van der Waals surface area contributed by atoms with Crippen molar-refractivity contribution in [2.45, 2.75) is 38.0 Å². The molecular weight excluding hydrogens is 269 g/mol. The van der Waals surface area contributed by atoms with Crippen LogP contribution in [0.15, 0.2) is 47.1 Å². The van der Waals surface area contributed by atoms with E-state index < -0.39 is 6.10 Å². The maximum atomic E-state index is 13.2. The second-order valence-corrected chi connectivity index (χ2v) is 5.64. The molecule has 2 aromatic rings. The van der Waals surface area contributed by atoms with Gasteiger partial charge in [0.15, 0.2) is 0 Å². The van der Waals surface area contributed by atoms with E-state index >= 15 is 0 Å². The molecule has 21 heavy (non-hydrogen) atoms. The molecule has 1 aliphatic carbocycles. The van der Waals surface area contributed by atoms with Crippen molar-refractivity contribution in [2.75, 3.05) is 6.54 Å². The number of benzene rings is 1. The molecule has 1 N–H and O–H groups in total. The molecule has 3 rings (SSSR count). The van der Waals surface area contributed by atoms with Crippen LogP contribution < -0.4 is 0 Å². The van der Waals surface area contributed by atoms with E-state index in [1.165, 1.54) is 25.0 Å². The number of nitrogens with zero attached hydrogens (tertiary/aromatic N) is 1. The molecule has 1 aromatic carbocycles. The normalized spacial score (nSPS) is 16.3. The molecule has 112 valence electrons. The molecule has 0 aliphatic heterocycles. The van der Waals surface area contributed by atoms with Crippen LogP contribution in [0.3, 0.4) is 0 Å². The Bertz CT molecular complexity index is 566. The van der Waals surface area contributed by atoms with Crippen molar-refractivity contribution < 1.29 is 13.9 Å². The van der Waals surface area contributed by atoms with Crippen LogP contribution in [0.1, 0.15) is 36.7 Å².